The highest BCUT2D eigenvalue weighted by Gasteiger charge is 2.41. The van der Waals surface area contributed by atoms with Gasteiger partial charge in [0.25, 0.3) is 0 Å². The van der Waals surface area contributed by atoms with E-state index in [0.29, 0.717) is 12.8 Å². The van der Waals surface area contributed by atoms with Gasteiger partial charge in [-0.25, -0.2) is 4.79 Å². The van der Waals surface area contributed by atoms with Crippen LogP contribution in [0.2, 0.25) is 0 Å². The summed E-state index contributed by atoms with van der Waals surface area (Å²) in [5.41, 5.74) is 16.6. The molecule has 1 fully saturated rings. The number of rotatable bonds is 47. The number of hydrogen-bond donors (Lipinski definition) is 19. The Morgan fingerprint density at radius 1 is 0.430 bits per heavy atom. The molecule has 0 unspecified atom stereocenters. The molecule has 1 saturated heterocycles. The van der Waals surface area contributed by atoms with Crippen LogP contribution < -0.4 is 91.6 Å². The van der Waals surface area contributed by atoms with Crippen LogP contribution in [0.25, 0.3) is 0 Å². The van der Waals surface area contributed by atoms with Gasteiger partial charge in [0.15, 0.2) is 0 Å². The Bertz CT molecular complexity index is 3480. The van der Waals surface area contributed by atoms with E-state index < -0.39 is 285 Å². The first-order valence-corrected chi connectivity index (χ1v) is 42.6. The number of esters is 1. The molecule has 39 heteroatoms. The summed E-state index contributed by atoms with van der Waals surface area (Å²) in [7, 11) is 0. The Kier molecular flexibility index (Phi) is 50.2. The lowest BCUT2D eigenvalue weighted by Crippen LogP contribution is -2.62. The first-order chi connectivity index (χ1) is 56.4. The normalized spacial score (nSPS) is 20.9. The van der Waals surface area contributed by atoms with Gasteiger partial charge in [0, 0.05) is 25.7 Å². The predicted octanol–water partition coefficient (Wildman–Crippen LogP) is -0.288. The van der Waals surface area contributed by atoms with Crippen LogP contribution in [0.5, 0.6) is 0 Å². The smallest absolute Gasteiger partial charge is 0.329 e. The third kappa shape index (κ3) is 43.3. The molecule has 1 rings (SSSR count). The monoisotopic (exact) mass is 1720 g/mol. The first kappa shape index (κ1) is 109. The number of ether oxygens (including phenoxy) is 1. The number of hydrogen-bond acceptors (Lipinski definition) is 21. The number of carboxylic acid groups (broad SMARTS) is 1. The topological polar surface area (TPSA) is 620 Å². The van der Waals surface area contributed by atoms with Crippen LogP contribution in [0.1, 0.15) is 259 Å². The van der Waals surface area contributed by atoms with Gasteiger partial charge in [0.2, 0.25) is 100 Å². The third-order valence-corrected chi connectivity index (χ3v) is 20.0. The zero-order chi connectivity index (χ0) is 92.4. The van der Waals surface area contributed by atoms with Gasteiger partial charge in [0.05, 0.1) is 12.5 Å². The largest absolute Gasteiger partial charge is 0.481 e. The van der Waals surface area contributed by atoms with Gasteiger partial charge in [-0.1, -0.05) is 156 Å². The number of aliphatic hydroxyl groups excluding tert-OH is 1. The van der Waals surface area contributed by atoms with Crippen molar-refractivity contribution in [3.8, 4) is 0 Å². The molecule has 16 atom stereocenters. The summed E-state index contributed by atoms with van der Waals surface area (Å²) in [5, 5.41) is 56.2. The number of carbonyl (C=O) groups is 19. The van der Waals surface area contributed by atoms with Crippen LogP contribution in [0.4, 0.5) is 0 Å². The highest BCUT2D eigenvalue weighted by atomic mass is 16.5. The molecule has 0 bridgehead atoms. The van der Waals surface area contributed by atoms with Crippen LogP contribution in [-0.2, 0) is 95.8 Å². The van der Waals surface area contributed by atoms with Crippen molar-refractivity contribution in [3.05, 3.63) is 0 Å². The molecule has 1 aliphatic heterocycles. The number of aliphatic hydroxyl groups is 1. The summed E-state index contributed by atoms with van der Waals surface area (Å²) in [4.78, 5) is 266. The van der Waals surface area contributed by atoms with Crippen molar-refractivity contribution in [2.45, 2.75) is 350 Å². The molecule has 22 N–H and O–H groups in total. The van der Waals surface area contributed by atoms with E-state index in [4.69, 9.17) is 21.9 Å². The molecular formula is C82H143N17O22. The van der Waals surface area contributed by atoms with Crippen molar-refractivity contribution in [1.29, 1.82) is 0 Å². The van der Waals surface area contributed by atoms with Crippen molar-refractivity contribution >= 4 is 112 Å². The Balaban J connectivity index is 4.14. The molecule has 0 aromatic rings. The van der Waals surface area contributed by atoms with Gasteiger partial charge in [-0.3, -0.25) is 86.3 Å². The summed E-state index contributed by atoms with van der Waals surface area (Å²) in [6.45, 7) is 28.9. The average molecular weight is 1720 g/mol. The third-order valence-electron chi connectivity index (χ3n) is 20.0. The van der Waals surface area contributed by atoms with Gasteiger partial charge in [-0.2, -0.15) is 0 Å². The second kappa shape index (κ2) is 55.7. The van der Waals surface area contributed by atoms with Crippen molar-refractivity contribution in [3.63, 3.8) is 0 Å². The van der Waals surface area contributed by atoms with E-state index >= 15 is 9.59 Å². The standard InChI is InChI=1S/C82H143N17O22/c1-19-21-22-23-24-25-50(100)39-64(104)87-55(34-41(3)4)75(113)91-54(29-33-65(105)106)70(108)88-52(27-31-62(84)102)72(110)97-66(46(13)14)80(118)95-59(38-45(11)12)77(115)89-51(26-30-61(83)101)71(109)96-60-40-121-82(120)68(48(17)20-2)99-73(111)53(28-32-63(85)103)90-76(114)58(37-44(9)10)93-78(116)57(36-43(7)8)92-69(107)49(18)86-74(112)56(35-42(5)6)94-81(119)67(47(15)16)98-79(60)117/h41-60,66-68,100H,19-40H2,1-18H3,(H2,83,101)(H2,84,102)(H2,85,103)(H,86,112)(H,87,104)(H,88,108)(H,89,115)(H,90,114)(H,91,113)(H,92,107)(H,93,116)(H,94,119)(H,95,118)(H,96,109)(H,97,110)(H,98,117)(H,99,111)(H,105,106)/t48-,49+,50+,51-,52+,53+,54+,55-,56+,57-,58-,59+,60+,66+,67+,68-/m0/s1. The van der Waals surface area contributed by atoms with Crippen molar-refractivity contribution in [1.82, 2.24) is 74.4 Å². The van der Waals surface area contributed by atoms with Crippen molar-refractivity contribution in [2.75, 3.05) is 6.61 Å². The van der Waals surface area contributed by atoms with Crippen molar-refractivity contribution in [2.24, 2.45) is 64.5 Å². The highest BCUT2D eigenvalue weighted by molar-refractivity contribution is 6.01. The number of nitrogens with one attached hydrogen (secondary N) is 14. The molecule has 0 radical (unpaired) electrons. The van der Waals surface area contributed by atoms with Crippen LogP contribution >= 0.6 is 0 Å². The summed E-state index contributed by atoms with van der Waals surface area (Å²) >= 11 is 0. The maximum Gasteiger partial charge on any atom is 0.329 e. The van der Waals surface area contributed by atoms with Crippen LogP contribution in [0.15, 0.2) is 0 Å². The maximum absolute atomic E-state index is 15.0. The summed E-state index contributed by atoms with van der Waals surface area (Å²) in [6.07, 6.45) is -0.946. The number of cyclic esters (lactones) is 1. The van der Waals surface area contributed by atoms with Crippen molar-refractivity contribution < 1.29 is 106 Å². The van der Waals surface area contributed by atoms with E-state index in [-0.39, 0.29) is 68.6 Å². The molecule has 0 aromatic carbocycles. The van der Waals surface area contributed by atoms with E-state index in [1.165, 1.54) is 41.5 Å². The van der Waals surface area contributed by atoms with E-state index in [0.717, 1.165) is 25.7 Å². The fraction of sp³-hybridized carbons (Fsp3) is 0.768. The van der Waals surface area contributed by atoms with Crippen LogP contribution in [0.3, 0.4) is 0 Å². The quantitative estimate of drug-likeness (QED) is 0.0275. The molecule has 1 heterocycles. The lowest BCUT2D eigenvalue weighted by molar-refractivity contribution is -0.152. The lowest BCUT2D eigenvalue weighted by atomic mass is 9.97. The Labute approximate surface area is 711 Å². The zero-order valence-corrected chi connectivity index (χ0v) is 74.1. The number of amides is 17. The minimum absolute atomic E-state index is 0.0202. The molecule has 39 nitrogen and oxygen atoms in total. The molecular weight excluding hydrogens is 1570 g/mol. The Hall–Kier alpha value is -10.1. The number of primary amides is 3. The Morgan fingerprint density at radius 2 is 0.835 bits per heavy atom. The predicted molar refractivity (Wildman–Crippen MR) is 446 cm³/mol. The molecule has 0 spiro atoms. The van der Waals surface area contributed by atoms with Gasteiger partial charge in [0.1, 0.15) is 91.2 Å². The van der Waals surface area contributed by atoms with Crippen LogP contribution in [0, 0.1) is 47.3 Å². The average Bonchev–Trinajstić information content (AvgIpc) is 1.42. The minimum Gasteiger partial charge on any atom is -0.481 e. The van der Waals surface area contributed by atoms with Gasteiger partial charge < -0.3 is 107 Å². The molecule has 0 saturated carbocycles. The van der Waals surface area contributed by atoms with E-state index in [9.17, 15) is 91.7 Å². The van der Waals surface area contributed by atoms with Gasteiger partial charge in [-0.05, 0) is 118 Å². The van der Waals surface area contributed by atoms with E-state index in [1.807, 2.05) is 0 Å². The second-order valence-corrected chi connectivity index (χ2v) is 34.5. The summed E-state index contributed by atoms with van der Waals surface area (Å²) in [5.74, 6) is -23.2. The fourth-order valence-electron chi connectivity index (χ4n) is 13.0. The number of aliphatic carboxylic acids is 1. The maximum atomic E-state index is 15.0. The summed E-state index contributed by atoms with van der Waals surface area (Å²) in [6, 6.07) is -22.1. The molecule has 688 valence electrons. The first-order valence-electron chi connectivity index (χ1n) is 42.6. The summed E-state index contributed by atoms with van der Waals surface area (Å²) < 4.78 is 5.79. The van der Waals surface area contributed by atoms with E-state index in [2.05, 4.69) is 81.4 Å². The minimum atomic E-state index is -2.07. The second-order valence-electron chi connectivity index (χ2n) is 34.5. The number of nitrogens with two attached hydrogens (primary N) is 3. The van der Waals surface area contributed by atoms with Gasteiger partial charge >= 0.3 is 11.9 Å². The highest BCUT2D eigenvalue weighted by Crippen LogP contribution is 2.19. The molecule has 1 aliphatic rings. The van der Waals surface area contributed by atoms with Gasteiger partial charge in [-0.15, -0.1) is 0 Å². The molecule has 0 aromatic heterocycles. The molecule has 0 aliphatic carbocycles. The fourth-order valence-corrected chi connectivity index (χ4v) is 13.0. The SMILES string of the molecule is CCCCCCC[C@@H](O)CC(=O)N[C@@H](CC(C)C)C(=O)N[C@H](CCC(=O)O)C(=O)N[C@H](CCC(N)=O)C(=O)N[C@@H](C(=O)N[C@H](CC(C)C)C(=O)N[C@@H](CCC(N)=O)C(=O)N[C@@H]1COC(=O)[C@H]([C@@H](C)CC)NC(=O)[C@@H](CCC(N)=O)NC(=O)[C@H](CC(C)C)NC(=O)[C@H](CC(C)C)NC(=O)[C@@H](C)NC(=O)[C@@H](CC(C)C)NC(=O)[C@@H](C(C)C)NC1=O)C(C)C. The lowest BCUT2D eigenvalue weighted by Gasteiger charge is -2.30. The zero-order valence-electron chi connectivity index (χ0n) is 74.1. The van der Waals surface area contributed by atoms with E-state index in [1.54, 1.807) is 76.2 Å². The number of unbranched alkanes of at least 4 members (excludes halogenated alkanes) is 4. The number of carboxylic acids is 1. The Morgan fingerprint density at radius 3 is 1.28 bits per heavy atom. The molecule has 121 heavy (non-hydrogen) atoms. The van der Waals surface area contributed by atoms with Crippen LogP contribution in [-0.4, -0.2) is 220 Å². The molecule has 17 amide bonds. The number of carbonyl (C=O) groups excluding carboxylic acids is 18.